The number of hydrogen-bond acceptors (Lipinski definition) is 4. The van der Waals surface area contributed by atoms with E-state index in [2.05, 4.69) is 17.2 Å². The fourth-order valence-electron chi connectivity index (χ4n) is 2.48. The number of anilines is 1. The zero-order chi connectivity index (χ0) is 13.1. The molecule has 1 fully saturated rings. The number of nitrogens with one attached hydrogen (secondary N) is 1. The molecule has 1 saturated carbocycles. The van der Waals surface area contributed by atoms with E-state index in [0.29, 0.717) is 15.9 Å². The van der Waals surface area contributed by atoms with Gasteiger partial charge in [-0.25, -0.2) is 4.98 Å². The van der Waals surface area contributed by atoms with E-state index in [-0.39, 0.29) is 17.1 Å². The van der Waals surface area contributed by atoms with Crippen LogP contribution in [0.25, 0.3) is 0 Å². The fraction of sp³-hybridized carbons (Fsp3) is 0.667. The van der Waals surface area contributed by atoms with Crippen LogP contribution in [0.3, 0.4) is 0 Å². The third-order valence-electron chi connectivity index (χ3n) is 3.52. The first-order valence-electron chi connectivity index (χ1n) is 6.30. The molecule has 0 saturated heterocycles. The summed E-state index contributed by atoms with van der Waals surface area (Å²) in [7, 11) is 0. The molecule has 0 bridgehead atoms. The van der Waals surface area contributed by atoms with Crippen molar-refractivity contribution >= 4 is 34.0 Å². The van der Waals surface area contributed by atoms with Crippen LogP contribution in [-0.2, 0) is 0 Å². The Morgan fingerprint density at radius 2 is 2.17 bits per heavy atom. The summed E-state index contributed by atoms with van der Waals surface area (Å²) in [5.41, 5.74) is 5.53. The zero-order valence-electron chi connectivity index (χ0n) is 10.4. The van der Waals surface area contributed by atoms with Gasteiger partial charge in [0.25, 0.3) is 5.91 Å². The molecule has 0 unspecified atom stereocenters. The normalized spacial score (nSPS) is 18.6. The van der Waals surface area contributed by atoms with Crippen molar-refractivity contribution in [1.82, 2.24) is 10.3 Å². The summed E-state index contributed by atoms with van der Waals surface area (Å²) >= 11 is 7.00. The number of halogens is 1. The van der Waals surface area contributed by atoms with Crippen LogP contribution in [0.2, 0.25) is 5.15 Å². The van der Waals surface area contributed by atoms with Crippen LogP contribution in [0.4, 0.5) is 5.13 Å². The topological polar surface area (TPSA) is 68.0 Å². The summed E-state index contributed by atoms with van der Waals surface area (Å²) in [5.74, 6) is 0.416. The van der Waals surface area contributed by atoms with E-state index in [1.165, 1.54) is 32.1 Å². The largest absolute Gasteiger partial charge is 0.375 e. The summed E-state index contributed by atoms with van der Waals surface area (Å²) in [6.45, 7) is 2.06. The highest BCUT2D eigenvalue weighted by molar-refractivity contribution is 7.17. The lowest BCUT2D eigenvalue weighted by molar-refractivity contribution is 0.0923. The number of nitrogens with two attached hydrogens (primary N) is 1. The number of thiazole rings is 1. The van der Waals surface area contributed by atoms with Crippen LogP contribution in [0.15, 0.2) is 0 Å². The number of carbonyl (C=O) groups is 1. The first kappa shape index (κ1) is 13.6. The molecular formula is C12H18ClN3OS. The van der Waals surface area contributed by atoms with Crippen molar-refractivity contribution < 1.29 is 4.79 Å². The molecule has 3 N–H and O–H groups in total. The van der Waals surface area contributed by atoms with E-state index in [1.807, 2.05) is 0 Å². The number of amides is 1. The minimum atomic E-state index is -0.160. The second kappa shape index (κ2) is 5.89. The monoisotopic (exact) mass is 287 g/mol. The molecule has 1 aliphatic carbocycles. The zero-order valence-corrected chi connectivity index (χ0v) is 12.0. The third-order valence-corrected chi connectivity index (χ3v) is 4.79. The van der Waals surface area contributed by atoms with Crippen molar-refractivity contribution in [3.63, 3.8) is 0 Å². The van der Waals surface area contributed by atoms with Crippen LogP contribution in [-0.4, -0.2) is 16.9 Å². The molecule has 0 spiro atoms. The predicted molar refractivity (Wildman–Crippen MR) is 75.0 cm³/mol. The third kappa shape index (κ3) is 3.14. The van der Waals surface area contributed by atoms with Gasteiger partial charge in [-0.15, -0.1) is 0 Å². The Morgan fingerprint density at radius 1 is 1.50 bits per heavy atom. The van der Waals surface area contributed by atoms with Gasteiger partial charge >= 0.3 is 0 Å². The molecule has 1 aliphatic rings. The molecule has 0 aliphatic heterocycles. The molecule has 2 rings (SSSR count). The maximum absolute atomic E-state index is 12.1. The average Bonchev–Trinajstić information content (AvgIpc) is 2.69. The molecule has 18 heavy (non-hydrogen) atoms. The van der Waals surface area contributed by atoms with Crippen molar-refractivity contribution in [3.05, 3.63) is 10.0 Å². The molecule has 6 heteroatoms. The molecule has 1 aromatic heterocycles. The van der Waals surface area contributed by atoms with E-state index >= 15 is 0 Å². The van der Waals surface area contributed by atoms with Gasteiger partial charge in [-0.3, -0.25) is 4.79 Å². The highest BCUT2D eigenvalue weighted by Crippen LogP contribution is 2.28. The van der Waals surface area contributed by atoms with Gasteiger partial charge in [0, 0.05) is 6.04 Å². The summed E-state index contributed by atoms with van der Waals surface area (Å²) in [5, 5.41) is 3.54. The van der Waals surface area contributed by atoms with Crippen molar-refractivity contribution in [3.8, 4) is 0 Å². The summed E-state index contributed by atoms with van der Waals surface area (Å²) in [6, 6.07) is 0.178. The molecular weight excluding hydrogens is 270 g/mol. The predicted octanol–water partition coefficient (Wildman–Crippen LogP) is 3.08. The van der Waals surface area contributed by atoms with Crippen LogP contribution in [0.5, 0.6) is 0 Å². The Kier molecular flexibility index (Phi) is 4.45. The van der Waals surface area contributed by atoms with Gasteiger partial charge in [0.1, 0.15) is 4.88 Å². The van der Waals surface area contributed by atoms with Gasteiger partial charge in [0.2, 0.25) is 0 Å². The van der Waals surface area contributed by atoms with Gasteiger partial charge in [0.05, 0.1) is 0 Å². The molecule has 1 aromatic rings. The second-order valence-electron chi connectivity index (χ2n) is 4.83. The minimum absolute atomic E-state index is 0.160. The van der Waals surface area contributed by atoms with Crippen molar-refractivity contribution in [2.45, 2.75) is 45.1 Å². The summed E-state index contributed by atoms with van der Waals surface area (Å²) in [6.07, 6.45) is 6.23. The van der Waals surface area contributed by atoms with Crippen molar-refractivity contribution in [2.75, 3.05) is 5.73 Å². The second-order valence-corrected chi connectivity index (χ2v) is 6.22. The SMILES string of the molecule is C[C@H](NC(=O)c1sc(N)nc1Cl)C1CCCCC1. The molecule has 0 aromatic carbocycles. The Bertz CT molecular complexity index is 429. The first-order valence-corrected chi connectivity index (χ1v) is 7.50. The van der Waals surface area contributed by atoms with E-state index < -0.39 is 0 Å². The van der Waals surface area contributed by atoms with Gasteiger partial charge in [0.15, 0.2) is 10.3 Å². The Balaban J connectivity index is 1.96. The molecule has 4 nitrogen and oxygen atoms in total. The summed E-state index contributed by atoms with van der Waals surface area (Å²) < 4.78 is 0. The first-order chi connectivity index (χ1) is 8.58. The van der Waals surface area contributed by atoms with Crippen LogP contribution >= 0.6 is 22.9 Å². The number of hydrogen-bond donors (Lipinski definition) is 2. The average molecular weight is 288 g/mol. The molecule has 1 heterocycles. The van der Waals surface area contributed by atoms with Gasteiger partial charge in [-0.05, 0) is 25.7 Å². The van der Waals surface area contributed by atoms with E-state index in [4.69, 9.17) is 17.3 Å². The molecule has 1 amide bonds. The standard InChI is InChI=1S/C12H18ClN3OS/c1-7(8-5-3-2-4-6-8)15-11(17)9-10(13)16-12(14)18-9/h7-8H,2-6H2,1H3,(H2,14,16)(H,15,17)/t7-/m0/s1. The highest BCUT2D eigenvalue weighted by atomic mass is 35.5. The molecule has 0 radical (unpaired) electrons. The van der Waals surface area contributed by atoms with Gasteiger partial charge in [-0.2, -0.15) is 0 Å². The van der Waals surface area contributed by atoms with E-state index in [9.17, 15) is 4.79 Å². The maximum atomic E-state index is 12.1. The minimum Gasteiger partial charge on any atom is -0.375 e. The molecule has 100 valence electrons. The van der Waals surface area contributed by atoms with Crippen molar-refractivity contribution in [2.24, 2.45) is 5.92 Å². The number of nitrogens with zero attached hydrogens (tertiary/aromatic N) is 1. The fourth-order valence-corrected chi connectivity index (χ4v) is 3.45. The van der Waals surface area contributed by atoms with Crippen LogP contribution in [0, 0.1) is 5.92 Å². The smallest absolute Gasteiger partial charge is 0.264 e. The lowest BCUT2D eigenvalue weighted by atomic mass is 9.84. The van der Waals surface area contributed by atoms with Gasteiger partial charge in [-0.1, -0.05) is 42.2 Å². The van der Waals surface area contributed by atoms with E-state index in [1.54, 1.807) is 0 Å². The Morgan fingerprint density at radius 3 is 2.72 bits per heavy atom. The van der Waals surface area contributed by atoms with E-state index in [0.717, 1.165) is 11.3 Å². The Hall–Kier alpha value is -0.810. The number of rotatable bonds is 3. The van der Waals surface area contributed by atoms with Crippen LogP contribution in [0.1, 0.15) is 48.7 Å². The lowest BCUT2D eigenvalue weighted by Gasteiger charge is -2.28. The quantitative estimate of drug-likeness (QED) is 0.898. The molecule has 1 atom stereocenters. The van der Waals surface area contributed by atoms with Crippen molar-refractivity contribution in [1.29, 1.82) is 0 Å². The summed E-state index contributed by atoms with van der Waals surface area (Å²) in [4.78, 5) is 16.3. The number of aromatic nitrogens is 1. The number of nitrogen functional groups attached to an aromatic ring is 1. The lowest BCUT2D eigenvalue weighted by Crippen LogP contribution is -2.38. The maximum Gasteiger partial charge on any atom is 0.264 e. The van der Waals surface area contributed by atoms with Gasteiger partial charge < -0.3 is 11.1 Å². The number of carbonyl (C=O) groups excluding carboxylic acids is 1. The highest BCUT2D eigenvalue weighted by Gasteiger charge is 2.23. The Labute approximate surface area is 116 Å². The van der Waals surface area contributed by atoms with Crippen LogP contribution < -0.4 is 11.1 Å².